The van der Waals surface area contributed by atoms with Crippen molar-refractivity contribution < 1.29 is 21.1 Å². The Balaban J connectivity index is 0.00000147. The fraction of sp³-hybridized carbons (Fsp3) is 0.312. The topological polar surface area (TPSA) is 27.0 Å². The van der Waals surface area contributed by atoms with Gasteiger partial charge in [0.15, 0.2) is 0 Å². The van der Waals surface area contributed by atoms with Gasteiger partial charge in [-0.2, -0.15) is 6.20 Å². The van der Waals surface area contributed by atoms with Crippen LogP contribution in [0, 0.1) is 6.92 Å². The minimum Gasteiger partial charge on any atom is -0.663 e. The van der Waals surface area contributed by atoms with E-state index < -0.39 is 0 Å². The molecule has 0 bridgehead atoms. The Morgan fingerprint density at radius 1 is 1.35 bits per heavy atom. The second-order valence-corrected chi connectivity index (χ2v) is 6.04. The number of fused-ring (bicyclic) bond motifs is 1. The SMILES string of the molecule is CCC(C)c1c[n-]c2c(-c3csc(C)n3)cccc12.[Pt]. The summed E-state index contributed by atoms with van der Waals surface area (Å²) in [6.07, 6.45) is 3.17. The Hall–Kier alpha value is -0.922. The largest absolute Gasteiger partial charge is 0.663 e. The Morgan fingerprint density at radius 3 is 2.80 bits per heavy atom. The molecule has 1 unspecified atom stereocenters. The molecule has 0 N–H and O–H groups in total. The van der Waals surface area contributed by atoms with Crippen molar-refractivity contribution in [2.45, 2.75) is 33.1 Å². The van der Waals surface area contributed by atoms with Gasteiger partial charge >= 0.3 is 0 Å². The molecular weight excluding hydrogens is 447 g/mol. The third-order valence-corrected chi connectivity index (χ3v) is 4.49. The van der Waals surface area contributed by atoms with Crippen LogP contribution >= 0.6 is 11.3 Å². The minimum atomic E-state index is 0. The smallest absolute Gasteiger partial charge is 0.0901 e. The maximum absolute atomic E-state index is 4.64. The van der Waals surface area contributed by atoms with Crippen molar-refractivity contribution in [1.82, 2.24) is 9.97 Å². The monoisotopic (exact) mass is 464 g/mol. The number of para-hydroxylation sites is 1. The standard InChI is InChI=1S/C16H17N2S.Pt/c1-4-10(2)14-8-17-16-12(14)6-5-7-13(16)15-9-19-11(3)18-15;/h5-10H,4H2,1-3H3;/q-1;. The number of nitrogens with zero attached hydrogens (tertiary/aromatic N) is 2. The van der Waals surface area contributed by atoms with Crippen molar-refractivity contribution in [3.8, 4) is 11.3 Å². The maximum atomic E-state index is 4.64. The normalized spacial score (nSPS) is 12.3. The third-order valence-electron chi connectivity index (χ3n) is 3.72. The number of hydrogen-bond acceptors (Lipinski definition) is 2. The van der Waals surface area contributed by atoms with Crippen LogP contribution in [0.4, 0.5) is 0 Å². The first-order valence-electron chi connectivity index (χ1n) is 6.67. The number of aromatic nitrogens is 2. The third kappa shape index (κ3) is 2.62. The van der Waals surface area contributed by atoms with E-state index in [9.17, 15) is 0 Å². The van der Waals surface area contributed by atoms with Crippen LogP contribution in [0.1, 0.15) is 36.8 Å². The average molecular weight is 464 g/mol. The van der Waals surface area contributed by atoms with Gasteiger partial charge in [-0.05, 0) is 30.2 Å². The first-order valence-corrected chi connectivity index (χ1v) is 7.55. The van der Waals surface area contributed by atoms with Gasteiger partial charge in [-0.15, -0.1) is 16.9 Å². The predicted molar refractivity (Wildman–Crippen MR) is 81.8 cm³/mol. The summed E-state index contributed by atoms with van der Waals surface area (Å²) >= 11 is 1.69. The second kappa shape index (κ2) is 6.24. The van der Waals surface area contributed by atoms with E-state index in [1.165, 1.54) is 10.9 Å². The molecule has 2 aromatic heterocycles. The van der Waals surface area contributed by atoms with Crippen LogP contribution in [0.3, 0.4) is 0 Å². The molecule has 0 saturated carbocycles. The predicted octanol–water partition coefficient (Wildman–Crippen LogP) is 4.74. The molecule has 0 saturated heterocycles. The fourth-order valence-corrected chi connectivity index (χ4v) is 3.04. The van der Waals surface area contributed by atoms with Gasteiger partial charge in [0.1, 0.15) is 0 Å². The Kier molecular flexibility index (Phi) is 4.82. The maximum Gasteiger partial charge on any atom is 0.0901 e. The van der Waals surface area contributed by atoms with Gasteiger partial charge in [-0.1, -0.05) is 37.6 Å². The Labute approximate surface area is 137 Å². The number of thiazole rings is 1. The van der Waals surface area contributed by atoms with Crippen LogP contribution in [-0.2, 0) is 21.1 Å². The molecule has 0 aliphatic carbocycles. The van der Waals surface area contributed by atoms with Crippen molar-refractivity contribution in [2.24, 2.45) is 0 Å². The molecule has 2 nitrogen and oxygen atoms in total. The summed E-state index contributed by atoms with van der Waals surface area (Å²) in [7, 11) is 0. The summed E-state index contributed by atoms with van der Waals surface area (Å²) in [5.74, 6) is 0.553. The summed E-state index contributed by atoms with van der Waals surface area (Å²) < 4.78 is 0. The fourth-order valence-electron chi connectivity index (χ4n) is 2.43. The van der Waals surface area contributed by atoms with E-state index in [0.29, 0.717) is 5.92 Å². The van der Waals surface area contributed by atoms with Crippen molar-refractivity contribution in [3.63, 3.8) is 0 Å². The summed E-state index contributed by atoms with van der Waals surface area (Å²) in [5.41, 5.74) is 4.63. The zero-order valence-corrected chi connectivity index (χ0v) is 14.9. The van der Waals surface area contributed by atoms with E-state index in [2.05, 4.69) is 47.4 Å². The van der Waals surface area contributed by atoms with Crippen LogP contribution in [0.15, 0.2) is 29.8 Å². The quantitative estimate of drug-likeness (QED) is 0.560. The molecule has 1 aromatic carbocycles. The number of benzene rings is 1. The Bertz CT molecular complexity index is 714. The zero-order chi connectivity index (χ0) is 13.4. The van der Waals surface area contributed by atoms with Gasteiger partial charge < -0.3 is 4.98 Å². The zero-order valence-electron chi connectivity index (χ0n) is 11.8. The van der Waals surface area contributed by atoms with Crippen molar-refractivity contribution in [3.05, 3.63) is 40.3 Å². The van der Waals surface area contributed by atoms with E-state index in [4.69, 9.17) is 0 Å². The molecule has 0 radical (unpaired) electrons. The molecule has 2 heterocycles. The molecular formula is C16H17N2PtS-. The molecule has 0 spiro atoms. The van der Waals surface area contributed by atoms with Gasteiger partial charge in [-0.3, -0.25) is 0 Å². The summed E-state index contributed by atoms with van der Waals surface area (Å²) in [4.78, 5) is 9.22. The van der Waals surface area contributed by atoms with Gasteiger partial charge in [0.25, 0.3) is 0 Å². The molecule has 20 heavy (non-hydrogen) atoms. The Morgan fingerprint density at radius 2 is 2.15 bits per heavy atom. The van der Waals surface area contributed by atoms with E-state index in [1.54, 1.807) is 11.3 Å². The average Bonchev–Trinajstić information content (AvgIpc) is 3.03. The molecule has 1 atom stereocenters. The van der Waals surface area contributed by atoms with Gasteiger partial charge in [0.05, 0.1) is 10.7 Å². The van der Waals surface area contributed by atoms with Crippen molar-refractivity contribution in [2.75, 3.05) is 0 Å². The van der Waals surface area contributed by atoms with Gasteiger partial charge in [0, 0.05) is 26.4 Å². The first-order chi connectivity index (χ1) is 9.20. The first kappa shape index (κ1) is 15.5. The van der Waals surface area contributed by atoms with E-state index in [1.807, 2.05) is 13.1 Å². The number of aryl methyl sites for hydroxylation is 1. The molecule has 3 rings (SSSR count). The molecule has 0 aliphatic rings. The van der Waals surface area contributed by atoms with Crippen LogP contribution < -0.4 is 4.98 Å². The van der Waals surface area contributed by atoms with E-state index in [-0.39, 0.29) is 21.1 Å². The van der Waals surface area contributed by atoms with Crippen LogP contribution in [-0.4, -0.2) is 4.98 Å². The van der Waals surface area contributed by atoms with E-state index >= 15 is 0 Å². The van der Waals surface area contributed by atoms with Crippen LogP contribution in [0.25, 0.3) is 22.2 Å². The van der Waals surface area contributed by atoms with Crippen LogP contribution in [0.5, 0.6) is 0 Å². The van der Waals surface area contributed by atoms with Crippen molar-refractivity contribution >= 4 is 22.2 Å². The van der Waals surface area contributed by atoms with Crippen molar-refractivity contribution in [1.29, 1.82) is 0 Å². The molecule has 4 heteroatoms. The molecule has 0 aliphatic heterocycles. The number of hydrogen-bond donors (Lipinski definition) is 0. The van der Waals surface area contributed by atoms with E-state index in [0.717, 1.165) is 28.2 Å². The second-order valence-electron chi connectivity index (χ2n) is 4.98. The molecule has 0 fully saturated rings. The van der Waals surface area contributed by atoms with Gasteiger partial charge in [0.2, 0.25) is 0 Å². The summed E-state index contributed by atoms with van der Waals surface area (Å²) in [6.45, 7) is 6.52. The minimum absolute atomic E-state index is 0. The number of rotatable bonds is 3. The summed E-state index contributed by atoms with van der Waals surface area (Å²) in [5, 5.41) is 4.49. The molecule has 3 aromatic rings. The molecule has 0 amide bonds. The van der Waals surface area contributed by atoms with Crippen LogP contribution in [0.2, 0.25) is 0 Å². The molecule has 108 valence electrons. The summed E-state index contributed by atoms with van der Waals surface area (Å²) in [6, 6.07) is 6.40. The van der Waals surface area contributed by atoms with Gasteiger partial charge in [-0.25, -0.2) is 4.98 Å².